The first kappa shape index (κ1) is 14.0. The van der Waals surface area contributed by atoms with E-state index in [0.29, 0.717) is 11.1 Å². The highest BCUT2D eigenvalue weighted by molar-refractivity contribution is 7.99. The van der Waals surface area contributed by atoms with Crippen molar-refractivity contribution in [3.8, 4) is 0 Å². The number of tetrazole rings is 1. The predicted octanol–water partition coefficient (Wildman–Crippen LogP) is 1.85. The van der Waals surface area contributed by atoms with E-state index in [1.807, 2.05) is 0 Å². The molecule has 0 aromatic carbocycles. The smallest absolute Gasteiger partial charge is 0.313 e. The minimum absolute atomic E-state index is 0.0178. The van der Waals surface area contributed by atoms with Crippen LogP contribution in [-0.4, -0.2) is 37.0 Å². The molecule has 0 bridgehead atoms. The van der Waals surface area contributed by atoms with Crippen LogP contribution < -0.4 is 0 Å². The lowest BCUT2D eigenvalue weighted by Gasteiger charge is -2.21. The molecular formula is C10H18N4O2S. The summed E-state index contributed by atoms with van der Waals surface area (Å²) >= 11 is 1.16. The number of carboxylic acid groups (broad SMARTS) is 1. The minimum atomic E-state index is -0.861. The first-order valence-corrected chi connectivity index (χ1v) is 6.71. The Balaban J connectivity index is 2.76. The summed E-state index contributed by atoms with van der Waals surface area (Å²) in [7, 11) is 0. The van der Waals surface area contributed by atoms with Crippen LogP contribution in [0.5, 0.6) is 0 Å². The van der Waals surface area contributed by atoms with Crippen LogP contribution in [0.2, 0.25) is 0 Å². The van der Waals surface area contributed by atoms with Gasteiger partial charge in [0.15, 0.2) is 0 Å². The van der Waals surface area contributed by atoms with Crippen molar-refractivity contribution >= 4 is 17.7 Å². The van der Waals surface area contributed by atoms with Gasteiger partial charge >= 0.3 is 5.97 Å². The van der Waals surface area contributed by atoms with Gasteiger partial charge in [0.2, 0.25) is 5.16 Å². The molecular weight excluding hydrogens is 240 g/mol. The second-order valence-electron chi connectivity index (χ2n) is 3.91. The lowest BCUT2D eigenvalue weighted by atomic mass is 9.96. The number of rotatable bonds is 7. The maximum Gasteiger partial charge on any atom is 0.313 e. The highest BCUT2D eigenvalue weighted by Crippen LogP contribution is 2.26. The summed E-state index contributed by atoms with van der Waals surface area (Å²) in [5, 5.41) is 20.7. The van der Waals surface area contributed by atoms with Gasteiger partial charge in [0.25, 0.3) is 0 Å². The Bertz CT molecular complexity index is 365. The first-order valence-electron chi connectivity index (χ1n) is 5.72. The van der Waals surface area contributed by atoms with Gasteiger partial charge in [-0.1, -0.05) is 38.5 Å². The van der Waals surface area contributed by atoms with Crippen LogP contribution in [0.4, 0.5) is 0 Å². The molecule has 0 aliphatic rings. The molecule has 0 saturated heterocycles. The van der Waals surface area contributed by atoms with Gasteiger partial charge in [-0.05, 0) is 23.3 Å². The van der Waals surface area contributed by atoms with Crippen molar-refractivity contribution in [2.75, 3.05) is 5.75 Å². The van der Waals surface area contributed by atoms with Crippen LogP contribution in [-0.2, 0) is 4.79 Å². The van der Waals surface area contributed by atoms with Crippen LogP contribution in [0.1, 0.15) is 39.7 Å². The summed E-state index contributed by atoms with van der Waals surface area (Å²) < 4.78 is 1.73. The number of aliphatic carboxylic acids is 1. The number of hydrogen-bond acceptors (Lipinski definition) is 5. The van der Waals surface area contributed by atoms with Crippen LogP contribution in [0, 0.1) is 5.92 Å². The Morgan fingerprint density at radius 3 is 2.65 bits per heavy atom. The Kier molecular flexibility index (Phi) is 5.40. The van der Waals surface area contributed by atoms with E-state index >= 15 is 0 Å². The maximum absolute atomic E-state index is 10.5. The minimum Gasteiger partial charge on any atom is -0.481 e. The molecule has 0 spiro atoms. The highest BCUT2D eigenvalue weighted by Gasteiger charge is 2.20. The molecule has 1 rings (SSSR count). The van der Waals surface area contributed by atoms with Crippen molar-refractivity contribution in [2.24, 2.45) is 5.92 Å². The molecule has 1 aromatic heterocycles. The summed E-state index contributed by atoms with van der Waals surface area (Å²) in [6.07, 6.45) is 2.11. The summed E-state index contributed by atoms with van der Waals surface area (Å²) in [4.78, 5) is 10.5. The zero-order valence-electron chi connectivity index (χ0n) is 10.3. The van der Waals surface area contributed by atoms with Gasteiger partial charge < -0.3 is 5.11 Å². The molecule has 1 unspecified atom stereocenters. The zero-order valence-corrected chi connectivity index (χ0v) is 11.1. The quantitative estimate of drug-likeness (QED) is 0.752. The van der Waals surface area contributed by atoms with Crippen molar-refractivity contribution in [3.63, 3.8) is 0 Å². The number of carbonyl (C=O) groups is 1. The Labute approximate surface area is 105 Å². The molecule has 1 heterocycles. The Morgan fingerprint density at radius 1 is 1.47 bits per heavy atom. The standard InChI is InChI=1S/C10H18N4O2S/c1-4-8(5-2)7(3)14-10(11-12-13-14)17-6-9(15)16/h7-8H,4-6H2,1-3H3,(H,15,16). The molecule has 1 aromatic rings. The zero-order chi connectivity index (χ0) is 12.8. The molecule has 1 N–H and O–H groups in total. The van der Waals surface area contributed by atoms with E-state index in [9.17, 15) is 4.79 Å². The molecule has 96 valence electrons. The lowest BCUT2D eigenvalue weighted by Crippen LogP contribution is -2.18. The van der Waals surface area contributed by atoms with E-state index < -0.39 is 5.97 Å². The van der Waals surface area contributed by atoms with E-state index in [-0.39, 0.29) is 11.8 Å². The van der Waals surface area contributed by atoms with Crippen molar-refractivity contribution in [1.29, 1.82) is 0 Å². The molecule has 0 amide bonds. The summed E-state index contributed by atoms with van der Waals surface area (Å²) in [5.41, 5.74) is 0. The fourth-order valence-electron chi connectivity index (χ4n) is 1.83. The maximum atomic E-state index is 10.5. The molecule has 1 atom stereocenters. The SMILES string of the molecule is CCC(CC)C(C)n1nnnc1SCC(=O)O. The Morgan fingerprint density at radius 2 is 2.12 bits per heavy atom. The fourth-order valence-corrected chi connectivity index (χ4v) is 2.51. The number of carboxylic acids is 1. The van der Waals surface area contributed by atoms with Crippen molar-refractivity contribution in [1.82, 2.24) is 20.2 Å². The second kappa shape index (κ2) is 6.58. The molecule has 0 radical (unpaired) electrons. The summed E-state index contributed by atoms with van der Waals surface area (Å²) in [6.45, 7) is 6.34. The molecule has 0 fully saturated rings. The average Bonchev–Trinajstić information content (AvgIpc) is 2.75. The van der Waals surface area contributed by atoms with Gasteiger partial charge in [-0.15, -0.1) is 5.10 Å². The van der Waals surface area contributed by atoms with Gasteiger partial charge in [-0.2, -0.15) is 0 Å². The van der Waals surface area contributed by atoms with Crippen molar-refractivity contribution in [3.05, 3.63) is 0 Å². The average molecular weight is 258 g/mol. The van der Waals surface area contributed by atoms with Gasteiger partial charge in [-0.3, -0.25) is 4.79 Å². The Hall–Kier alpha value is -1.11. The lowest BCUT2D eigenvalue weighted by molar-refractivity contribution is -0.133. The second-order valence-corrected chi connectivity index (χ2v) is 4.85. The first-order chi connectivity index (χ1) is 8.10. The van der Waals surface area contributed by atoms with E-state index in [4.69, 9.17) is 5.11 Å². The number of thioether (sulfide) groups is 1. The fraction of sp³-hybridized carbons (Fsp3) is 0.800. The van der Waals surface area contributed by atoms with Crippen LogP contribution in [0.3, 0.4) is 0 Å². The van der Waals surface area contributed by atoms with Crippen molar-refractivity contribution < 1.29 is 9.90 Å². The predicted molar refractivity (Wildman–Crippen MR) is 65.0 cm³/mol. The normalized spacial score (nSPS) is 12.9. The number of hydrogen-bond donors (Lipinski definition) is 1. The summed E-state index contributed by atoms with van der Waals surface area (Å²) in [5.74, 6) is -0.377. The molecule has 7 heteroatoms. The van der Waals surface area contributed by atoms with Crippen LogP contribution >= 0.6 is 11.8 Å². The molecule has 17 heavy (non-hydrogen) atoms. The topological polar surface area (TPSA) is 80.9 Å². The van der Waals surface area contributed by atoms with E-state index in [0.717, 1.165) is 24.6 Å². The number of nitrogens with zero attached hydrogens (tertiary/aromatic N) is 4. The van der Waals surface area contributed by atoms with Gasteiger partial charge in [0, 0.05) is 0 Å². The van der Waals surface area contributed by atoms with E-state index in [2.05, 4.69) is 36.3 Å². The van der Waals surface area contributed by atoms with E-state index in [1.54, 1.807) is 4.68 Å². The third-order valence-electron chi connectivity index (χ3n) is 2.90. The van der Waals surface area contributed by atoms with Gasteiger partial charge in [0.1, 0.15) is 0 Å². The third kappa shape index (κ3) is 3.69. The van der Waals surface area contributed by atoms with Gasteiger partial charge in [0.05, 0.1) is 11.8 Å². The molecule has 6 nitrogen and oxygen atoms in total. The molecule has 0 aliphatic carbocycles. The summed E-state index contributed by atoms with van der Waals surface area (Å²) in [6, 6.07) is 0.191. The number of aromatic nitrogens is 4. The molecule has 0 saturated carbocycles. The van der Waals surface area contributed by atoms with E-state index in [1.165, 1.54) is 0 Å². The third-order valence-corrected chi connectivity index (χ3v) is 3.82. The molecule has 0 aliphatic heterocycles. The largest absolute Gasteiger partial charge is 0.481 e. The van der Waals surface area contributed by atoms with Crippen LogP contribution in [0.15, 0.2) is 5.16 Å². The highest BCUT2D eigenvalue weighted by atomic mass is 32.2. The van der Waals surface area contributed by atoms with Crippen molar-refractivity contribution in [2.45, 2.75) is 44.8 Å². The monoisotopic (exact) mass is 258 g/mol. The van der Waals surface area contributed by atoms with Crippen LogP contribution in [0.25, 0.3) is 0 Å². The van der Waals surface area contributed by atoms with Gasteiger partial charge in [-0.25, -0.2) is 4.68 Å².